The van der Waals surface area contributed by atoms with Crippen LogP contribution in [0.5, 0.6) is 0 Å². The highest BCUT2D eigenvalue weighted by atomic mass is 19.1. The molecule has 0 unspecified atom stereocenters. The van der Waals surface area contributed by atoms with Crippen molar-refractivity contribution in [1.82, 2.24) is 25.2 Å². The van der Waals surface area contributed by atoms with E-state index in [9.17, 15) is 9.18 Å². The lowest BCUT2D eigenvalue weighted by Gasteiger charge is -2.63. The van der Waals surface area contributed by atoms with Gasteiger partial charge in [0, 0.05) is 19.0 Å². The second kappa shape index (κ2) is 5.34. The Balaban J connectivity index is 1.17. The average Bonchev–Trinajstić information content (AvgIpc) is 3.20. The van der Waals surface area contributed by atoms with Crippen molar-refractivity contribution in [2.24, 2.45) is 0 Å². The van der Waals surface area contributed by atoms with Crippen LogP contribution in [0.1, 0.15) is 61.5 Å². The second-order valence-corrected chi connectivity index (χ2v) is 7.99. The van der Waals surface area contributed by atoms with Gasteiger partial charge in [-0.05, 0) is 39.0 Å². The van der Waals surface area contributed by atoms with E-state index in [0.717, 1.165) is 12.8 Å². The van der Waals surface area contributed by atoms with Crippen molar-refractivity contribution in [1.29, 1.82) is 0 Å². The lowest BCUT2D eigenvalue weighted by molar-refractivity contribution is -0.170. The number of likely N-dealkylation sites (tertiary alicyclic amines) is 1. The summed E-state index contributed by atoms with van der Waals surface area (Å²) in [6, 6.07) is 0. The van der Waals surface area contributed by atoms with E-state index < -0.39 is 5.67 Å². The molecule has 0 radical (unpaired) electrons. The minimum absolute atomic E-state index is 0.0111. The number of nitrogens with zero attached hydrogens (tertiary/aromatic N) is 5. The summed E-state index contributed by atoms with van der Waals surface area (Å²) in [4.78, 5) is 22.8. The summed E-state index contributed by atoms with van der Waals surface area (Å²) in [6.45, 7) is 3.00. The maximum absolute atomic E-state index is 13.7. The van der Waals surface area contributed by atoms with Gasteiger partial charge in [-0.25, -0.2) is 4.39 Å². The Morgan fingerprint density at radius 2 is 1.92 bits per heavy atom. The second-order valence-electron chi connectivity index (χ2n) is 7.99. The van der Waals surface area contributed by atoms with Gasteiger partial charge in [0.05, 0.1) is 5.41 Å². The van der Waals surface area contributed by atoms with Gasteiger partial charge >= 0.3 is 0 Å². The summed E-state index contributed by atoms with van der Waals surface area (Å²) in [5.41, 5.74) is -1.17. The first kappa shape index (κ1) is 15.9. The minimum atomic E-state index is -0.975. The summed E-state index contributed by atoms with van der Waals surface area (Å²) in [7, 11) is 0. The zero-order valence-electron chi connectivity index (χ0n) is 14.6. The Kier molecular flexibility index (Phi) is 3.27. The molecular weight excluding hydrogens is 341 g/mol. The van der Waals surface area contributed by atoms with Crippen LogP contribution >= 0.6 is 0 Å². The number of rotatable bonds is 4. The molecule has 2 aromatic rings. The molecule has 3 heterocycles. The number of aryl methyl sites for hydroxylation is 1. The van der Waals surface area contributed by atoms with Crippen molar-refractivity contribution >= 4 is 5.91 Å². The molecule has 4 fully saturated rings. The monoisotopic (exact) mass is 361 g/mol. The van der Waals surface area contributed by atoms with Crippen molar-refractivity contribution < 1.29 is 18.2 Å². The molecule has 2 bridgehead atoms. The van der Waals surface area contributed by atoms with Gasteiger partial charge in [-0.3, -0.25) is 4.79 Å². The van der Waals surface area contributed by atoms with Gasteiger partial charge in [-0.1, -0.05) is 10.3 Å². The first-order valence-corrected chi connectivity index (χ1v) is 9.05. The molecule has 138 valence electrons. The molecule has 1 saturated heterocycles. The maximum atomic E-state index is 13.7. The van der Waals surface area contributed by atoms with Gasteiger partial charge in [-0.2, -0.15) is 9.97 Å². The number of alkyl halides is 1. The fraction of sp³-hybridized carbons (Fsp3) is 0.706. The van der Waals surface area contributed by atoms with Crippen LogP contribution in [0.25, 0.3) is 0 Å². The largest absolute Gasteiger partial charge is 0.342 e. The third-order valence-corrected chi connectivity index (χ3v) is 5.95. The molecule has 8 nitrogen and oxygen atoms in total. The average molecular weight is 361 g/mol. The molecule has 3 saturated carbocycles. The normalized spacial score (nSPS) is 30.8. The highest BCUT2D eigenvalue weighted by molar-refractivity contribution is 5.77. The maximum Gasteiger partial charge on any atom is 0.236 e. The molecule has 4 aliphatic rings. The van der Waals surface area contributed by atoms with E-state index in [1.54, 1.807) is 6.92 Å². The molecule has 1 amide bonds. The highest BCUT2D eigenvalue weighted by Gasteiger charge is 2.72. The Morgan fingerprint density at radius 1 is 1.19 bits per heavy atom. The Bertz CT molecular complexity index is 834. The van der Waals surface area contributed by atoms with E-state index in [0.29, 0.717) is 55.8 Å². The predicted molar refractivity (Wildman–Crippen MR) is 85.0 cm³/mol. The SMILES string of the molecule is Cc1noc(CC(=O)N2CCC(c3noc(C45CC(F)(C4)C5)n3)CC2)n1. The van der Waals surface area contributed by atoms with Gasteiger partial charge in [0.1, 0.15) is 12.1 Å². The van der Waals surface area contributed by atoms with Gasteiger partial charge in [-0.15, -0.1) is 0 Å². The molecule has 2 aromatic heterocycles. The number of amides is 1. The van der Waals surface area contributed by atoms with Crippen molar-refractivity contribution in [3.05, 3.63) is 23.4 Å². The quantitative estimate of drug-likeness (QED) is 0.819. The summed E-state index contributed by atoms with van der Waals surface area (Å²) >= 11 is 0. The Hall–Kier alpha value is -2.32. The zero-order chi connectivity index (χ0) is 17.9. The number of halogens is 1. The van der Waals surface area contributed by atoms with E-state index in [1.165, 1.54) is 0 Å². The fourth-order valence-corrected chi connectivity index (χ4v) is 4.55. The van der Waals surface area contributed by atoms with Gasteiger partial charge in [0.25, 0.3) is 0 Å². The fourth-order valence-electron chi connectivity index (χ4n) is 4.55. The molecule has 0 spiro atoms. The molecule has 3 aliphatic carbocycles. The first-order valence-electron chi connectivity index (χ1n) is 9.05. The minimum Gasteiger partial charge on any atom is -0.342 e. The van der Waals surface area contributed by atoms with E-state index in [2.05, 4.69) is 20.3 Å². The summed E-state index contributed by atoms with van der Waals surface area (Å²) in [5.74, 6) is 2.33. The number of hydrogen-bond acceptors (Lipinski definition) is 7. The van der Waals surface area contributed by atoms with Crippen molar-refractivity contribution in [2.45, 2.75) is 62.5 Å². The van der Waals surface area contributed by atoms with Crippen LogP contribution in [0, 0.1) is 6.92 Å². The van der Waals surface area contributed by atoms with Crippen molar-refractivity contribution in [3.63, 3.8) is 0 Å². The number of aromatic nitrogens is 4. The third-order valence-electron chi connectivity index (χ3n) is 5.95. The molecule has 9 heteroatoms. The third kappa shape index (κ3) is 2.44. The Morgan fingerprint density at radius 3 is 2.54 bits per heavy atom. The summed E-state index contributed by atoms with van der Waals surface area (Å²) in [5, 5.41) is 7.83. The van der Waals surface area contributed by atoms with Crippen molar-refractivity contribution in [2.75, 3.05) is 13.1 Å². The summed E-state index contributed by atoms with van der Waals surface area (Å²) < 4.78 is 24.1. The van der Waals surface area contributed by atoms with Crippen LogP contribution in [0.15, 0.2) is 9.05 Å². The molecule has 0 atom stereocenters. The van der Waals surface area contributed by atoms with E-state index in [1.807, 2.05) is 4.90 Å². The standard InChI is InChI=1S/C17H20FN5O3/c1-10-19-12(25-21-10)6-13(24)23-4-2-11(3-5-23)14-20-15(26-22-14)16-7-17(18,8-16)9-16/h11H,2-9H2,1H3. The van der Waals surface area contributed by atoms with Gasteiger partial charge in [0.2, 0.25) is 17.7 Å². The molecule has 6 rings (SSSR count). The van der Waals surface area contributed by atoms with Gasteiger partial charge < -0.3 is 13.9 Å². The molecule has 1 aliphatic heterocycles. The van der Waals surface area contributed by atoms with Crippen LogP contribution in [-0.4, -0.2) is 49.8 Å². The lowest BCUT2D eigenvalue weighted by atomic mass is 9.42. The lowest BCUT2D eigenvalue weighted by Crippen LogP contribution is -2.67. The van der Waals surface area contributed by atoms with Crippen LogP contribution in [0.4, 0.5) is 4.39 Å². The highest BCUT2D eigenvalue weighted by Crippen LogP contribution is 2.69. The van der Waals surface area contributed by atoms with Crippen LogP contribution < -0.4 is 0 Å². The molecular formula is C17H20FN5O3. The number of hydrogen-bond donors (Lipinski definition) is 0. The number of carbonyl (C=O) groups excluding carboxylic acids is 1. The van der Waals surface area contributed by atoms with E-state index >= 15 is 0 Å². The smallest absolute Gasteiger partial charge is 0.236 e. The predicted octanol–water partition coefficient (Wildman–Crippen LogP) is 1.85. The number of piperidine rings is 1. The van der Waals surface area contributed by atoms with Crippen LogP contribution in [0.3, 0.4) is 0 Å². The van der Waals surface area contributed by atoms with Gasteiger partial charge in [0.15, 0.2) is 11.6 Å². The van der Waals surface area contributed by atoms with E-state index in [-0.39, 0.29) is 23.7 Å². The topological polar surface area (TPSA) is 98.2 Å². The summed E-state index contributed by atoms with van der Waals surface area (Å²) in [6.07, 6.45) is 3.25. The first-order chi connectivity index (χ1) is 12.4. The van der Waals surface area contributed by atoms with Crippen molar-refractivity contribution in [3.8, 4) is 0 Å². The molecule has 0 aromatic carbocycles. The van der Waals surface area contributed by atoms with Crippen LogP contribution in [0.2, 0.25) is 0 Å². The molecule has 0 N–H and O–H groups in total. The Labute approximate surface area is 149 Å². The zero-order valence-corrected chi connectivity index (χ0v) is 14.6. The number of carbonyl (C=O) groups is 1. The van der Waals surface area contributed by atoms with Crippen LogP contribution in [-0.2, 0) is 16.6 Å². The van der Waals surface area contributed by atoms with E-state index in [4.69, 9.17) is 9.05 Å². The molecule has 26 heavy (non-hydrogen) atoms.